The minimum Gasteiger partial charge on any atom is -0.870 e. The summed E-state index contributed by atoms with van der Waals surface area (Å²) >= 11 is 4.70. The maximum absolute atomic E-state index is 11.2. The molecule has 0 aromatic heterocycles. The normalized spacial score (nSPS) is 9.90. The van der Waals surface area contributed by atoms with Gasteiger partial charge in [-0.3, -0.25) is 4.79 Å². The Hall–Kier alpha value is -3.99. The summed E-state index contributed by atoms with van der Waals surface area (Å²) in [5.41, 5.74) is 5.22. The minimum atomic E-state index is -1.27. The molecule has 2 atom stereocenters. The van der Waals surface area contributed by atoms with E-state index in [1.54, 1.807) is 0 Å². The summed E-state index contributed by atoms with van der Waals surface area (Å²) in [6, 6.07) is 8.88. The molecule has 0 fully saturated rings. The molecular weight excluding hydrogens is 567 g/mol. The van der Waals surface area contributed by atoms with Gasteiger partial charge in [-0.2, -0.15) is 0 Å². The number of benzene rings is 2. The van der Waals surface area contributed by atoms with Crippen LogP contribution < -0.4 is 40.6 Å². The zero-order chi connectivity index (χ0) is 28.4. The summed E-state index contributed by atoms with van der Waals surface area (Å²) in [5.74, 6) is 1.91. The van der Waals surface area contributed by atoms with E-state index >= 15 is 0 Å². The molecule has 0 spiro atoms. The Bertz CT molecular complexity index is 1130. The number of ether oxygens (including phenoxy) is 2. The third kappa shape index (κ3) is 19.1. The van der Waals surface area contributed by atoms with Gasteiger partial charge in [0.15, 0.2) is 19.3 Å². The van der Waals surface area contributed by atoms with Crippen LogP contribution in [0.3, 0.4) is 0 Å². The van der Waals surface area contributed by atoms with Gasteiger partial charge in [0.25, 0.3) is 0 Å². The van der Waals surface area contributed by atoms with Crippen LogP contribution in [0, 0.1) is 24.7 Å². The van der Waals surface area contributed by atoms with Crippen LogP contribution in [0.1, 0.15) is 23.2 Å². The number of carbonyl (C=O) groups excluding carboxylic acids is 2. The Morgan fingerprint density at radius 1 is 0.850 bits per heavy atom. The van der Waals surface area contributed by atoms with Crippen LogP contribution in [0.15, 0.2) is 48.5 Å². The number of phenolic OH excluding ortho intramolecular Hbond substituents is 2. The molecule has 2 rings (SSSR count). The van der Waals surface area contributed by atoms with Crippen molar-refractivity contribution in [3.8, 4) is 36.2 Å². The second kappa shape index (κ2) is 24.1. The first kappa shape index (κ1) is 43.1. The van der Waals surface area contributed by atoms with Gasteiger partial charge < -0.3 is 51.9 Å². The predicted molar refractivity (Wildman–Crippen MR) is 136 cm³/mol. The molecule has 2 aromatic rings. The number of carboxylic acids is 2. The molecule has 10 N–H and O–H groups in total. The monoisotopic (exact) mass is 592 g/mol. The molecule has 0 saturated carbocycles. The number of amides is 1. The fraction of sp³-hybridized carbons (Fsp3) is 0.167. The first-order chi connectivity index (χ1) is 17.4. The molecule has 0 bridgehead atoms. The summed E-state index contributed by atoms with van der Waals surface area (Å²) in [6.45, 7) is -0.296. The maximum atomic E-state index is 11.2. The van der Waals surface area contributed by atoms with Gasteiger partial charge in [0.1, 0.15) is 17.5 Å². The van der Waals surface area contributed by atoms with E-state index in [4.69, 9.17) is 50.6 Å². The van der Waals surface area contributed by atoms with Crippen molar-refractivity contribution in [2.45, 2.75) is 12.1 Å². The Morgan fingerprint density at radius 3 is 1.57 bits per heavy atom. The number of hydrogen-bond acceptors (Lipinski definition) is 10. The molecule has 212 valence electrons. The number of alkyl carbamates (subject to hydrolysis) is 1. The summed E-state index contributed by atoms with van der Waals surface area (Å²) in [7, 11) is 0. The number of carbonyl (C=O) groups is 4. The number of halogens is 1. The van der Waals surface area contributed by atoms with Crippen molar-refractivity contribution in [2.24, 2.45) is 5.73 Å². The van der Waals surface area contributed by atoms with E-state index in [9.17, 15) is 19.2 Å². The molecule has 40 heavy (non-hydrogen) atoms. The molecule has 0 aliphatic carbocycles. The molecule has 0 heterocycles. The van der Waals surface area contributed by atoms with Crippen LogP contribution in [0.5, 0.6) is 11.5 Å². The topological polar surface area (TPSA) is 267 Å². The average Bonchev–Trinajstić information content (AvgIpc) is 2.86. The fourth-order valence-electron chi connectivity index (χ4n) is 2.14. The van der Waals surface area contributed by atoms with Crippen molar-refractivity contribution in [3.05, 3.63) is 59.7 Å². The quantitative estimate of drug-likeness (QED) is 0.120. The van der Waals surface area contributed by atoms with Crippen LogP contribution in [0.4, 0.5) is 9.59 Å². The third-order valence-corrected chi connectivity index (χ3v) is 3.92. The minimum absolute atomic E-state index is 0. The second-order valence-electron chi connectivity index (χ2n) is 6.43. The number of carboxylic acid groups (broad SMARTS) is 2. The largest absolute Gasteiger partial charge is 1.00 e. The number of phenols is 2. The van der Waals surface area contributed by atoms with Gasteiger partial charge in [0.2, 0.25) is 0 Å². The van der Waals surface area contributed by atoms with E-state index < -0.39 is 35.5 Å². The molecule has 0 unspecified atom stereocenters. The predicted octanol–water partition coefficient (Wildman–Crippen LogP) is -1.65. The summed E-state index contributed by atoms with van der Waals surface area (Å²) in [5, 5.41) is 37.6. The van der Waals surface area contributed by atoms with Gasteiger partial charge in [-0.05, 0) is 35.4 Å². The molecule has 0 aliphatic heterocycles. The molecule has 0 saturated heterocycles. The number of aromatic hydroxyl groups is 2. The molecule has 0 aliphatic rings. The summed E-state index contributed by atoms with van der Waals surface area (Å²) in [4.78, 5) is 42.3. The Labute approximate surface area is 255 Å². The second-order valence-corrected chi connectivity index (χ2v) is 6.73. The van der Waals surface area contributed by atoms with Crippen LogP contribution in [0.25, 0.3) is 0 Å². The van der Waals surface area contributed by atoms with E-state index in [1.807, 2.05) is 0 Å². The van der Waals surface area contributed by atoms with Gasteiger partial charge in [-0.1, -0.05) is 36.1 Å². The van der Waals surface area contributed by atoms with E-state index in [2.05, 4.69) is 26.6 Å². The standard InChI is InChI=1S/C12H11NO5.C8H9NO3.C4H3ClO2.Na.2H2O/c1-2-7-18-12(17)13-10(11(15)16)8-3-5-9(14)6-4-8;9-7(8(11)12)5-1-3-6(10)4-2-5;1-2-3-7-4(5)6;;;/h1,3-6,10,14H,7H2,(H,13,17)(H,15,16);1-4,7,10H,9H2,(H,11,12);1H,3H2;;2*1H2/q;;;+1;;/p-1/t10-;7-;;;;/m11..../s1. The molecule has 14 nitrogen and oxygen atoms in total. The van der Waals surface area contributed by atoms with Crippen molar-refractivity contribution >= 4 is 35.1 Å². The molecule has 2 aromatic carbocycles. The van der Waals surface area contributed by atoms with Gasteiger partial charge >= 0.3 is 53.0 Å². The van der Waals surface area contributed by atoms with Crippen molar-refractivity contribution in [1.82, 2.24) is 5.32 Å². The number of hydrogen-bond donors (Lipinski definition) is 6. The van der Waals surface area contributed by atoms with Crippen LogP contribution in [-0.2, 0) is 19.1 Å². The number of nitrogens with one attached hydrogen (secondary N) is 1. The maximum Gasteiger partial charge on any atom is 1.00 e. The van der Waals surface area contributed by atoms with Crippen LogP contribution in [0.2, 0.25) is 0 Å². The van der Waals surface area contributed by atoms with E-state index in [0.29, 0.717) is 11.1 Å². The zero-order valence-corrected chi connectivity index (χ0v) is 23.7. The van der Waals surface area contributed by atoms with Gasteiger partial charge in [-0.25, -0.2) is 14.4 Å². The van der Waals surface area contributed by atoms with Crippen molar-refractivity contribution in [3.63, 3.8) is 0 Å². The first-order valence-electron chi connectivity index (χ1n) is 9.84. The summed E-state index contributed by atoms with van der Waals surface area (Å²) in [6.07, 6.45) is 8.66. The molecule has 1 amide bonds. The molecular formula is C24H26ClN2NaO12. The molecule has 0 radical (unpaired) electrons. The van der Waals surface area contributed by atoms with Crippen molar-refractivity contribution < 1.29 is 89.6 Å². The smallest absolute Gasteiger partial charge is 0.870 e. The Kier molecular flexibility index (Phi) is 25.9. The Balaban J connectivity index is -0.000000257. The van der Waals surface area contributed by atoms with Crippen LogP contribution in [-0.4, -0.2) is 68.1 Å². The number of aliphatic carboxylic acids is 2. The number of nitrogens with two attached hydrogens (primary N) is 1. The zero-order valence-electron chi connectivity index (χ0n) is 21.0. The average molecular weight is 593 g/mol. The fourth-order valence-corrected chi connectivity index (χ4v) is 2.20. The third-order valence-electron chi connectivity index (χ3n) is 3.81. The van der Waals surface area contributed by atoms with Gasteiger partial charge in [0.05, 0.1) is 0 Å². The first-order valence-corrected chi connectivity index (χ1v) is 10.2. The number of terminal acetylenes is 2. The van der Waals surface area contributed by atoms with E-state index in [0.717, 1.165) is 0 Å². The van der Waals surface area contributed by atoms with Gasteiger partial charge in [-0.15, -0.1) is 12.8 Å². The van der Waals surface area contributed by atoms with E-state index in [-0.39, 0.29) is 65.2 Å². The Morgan fingerprint density at radius 2 is 1.25 bits per heavy atom. The van der Waals surface area contributed by atoms with Crippen molar-refractivity contribution in [1.29, 1.82) is 0 Å². The number of rotatable bonds is 7. The van der Waals surface area contributed by atoms with Gasteiger partial charge in [0, 0.05) is 11.6 Å². The van der Waals surface area contributed by atoms with E-state index in [1.165, 1.54) is 48.5 Å². The molecule has 16 heteroatoms. The van der Waals surface area contributed by atoms with Crippen molar-refractivity contribution in [2.75, 3.05) is 13.2 Å². The SMILES string of the molecule is C#CCOC(=O)Cl.C#CCOC(=O)N[C@@H](C(=O)O)c1ccc(O)cc1.N[C@@H](C(=O)O)c1ccc(O)cc1.O.[Na+].[OH-]. The van der Waals surface area contributed by atoms with Crippen LogP contribution >= 0.6 is 11.6 Å². The summed E-state index contributed by atoms with van der Waals surface area (Å²) < 4.78 is 8.60.